The fraction of sp³-hybridized carbons (Fsp3) is 0.500. The van der Waals surface area contributed by atoms with Gasteiger partial charge in [0, 0.05) is 9.89 Å². The lowest BCUT2D eigenvalue weighted by atomic mass is 9.90. The normalized spacial score (nSPS) is 18.5. The topological polar surface area (TPSA) is 18.5 Å². The van der Waals surface area contributed by atoms with E-state index in [2.05, 4.69) is 35.0 Å². The predicted octanol–water partition coefficient (Wildman–Crippen LogP) is 3.00. The van der Waals surface area contributed by atoms with E-state index in [-0.39, 0.29) is 5.41 Å². The standard InChI is InChI=1S/C12H15BrO2/c1-12(8-15-9-12)7-14-6-10-2-4-11(13)5-3-10/h2-5H,6-9H2,1H3. The van der Waals surface area contributed by atoms with Gasteiger partial charge in [-0.15, -0.1) is 0 Å². The Hall–Kier alpha value is -0.380. The van der Waals surface area contributed by atoms with Crippen LogP contribution in [0.4, 0.5) is 0 Å². The summed E-state index contributed by atoms with van der Waals surface area (Å²) in [6.07, 6.45) is 0. The first-order valence-corrected chi connectivity index (χ1v) is 5.87. The zero-order chi connectivity index (χ0) is 10.7. The molecule has 0 N–H and O–H groups in total. The van der Waals surface area contributed by atoms with Crippen molar-refractivity contribution in [3.63, 3.8) is 0 Å². The minimum Gasteiger partial charge on any atom is -0.380 e. The van der Waals surface area contributed by atoms with E-state index < -0.39 is 0 Å². The van der Waals surface area contributed by atoms with Gasteiger partial charge in [-0.2, -0.15) is 0 Å². The Kier molecular flexibility index (Phi) is 3.44. The number of ether oxygens (including phenoxy) is 2. The fourth-order valence-electron chi connectivity index (χ4n) is 1.53. The molecular weight excluding hydrogens is 256 g/mol. The van der Waals surface area contributed by atoms with Gasteiger partial charge in [-0.25, -0.2) is 0 Å². The van der Waals surface area contributed by atoms with Crippen molar-refractivity contribution < 1.29 is 9.47 Å². The maximum atomic E-state index is 5.67. The highest BCUT2D eigenvalue weighted by Gasteiger charge is 2.33. The zero-order valence-corrected chi connectivity index (χ0v) is 10.4. The van der Waals surface area contributed by atoms with Crippen LogP contribution in [-0.2, 0) is 16.1 Å². The Morgan fingerprint density at radius 2 is 2.00 bits per heavy atom. The molecule has 1 aliphatic rings. The molecule has 0 bridgehead atoms. The zero-order valence-electron chi connectivity index (χ0n) is 8.83. The van der Waals surface area contributed by atoms with Crippen molar-refractivity contribution >= 4 is 15.9 Å². The largest absolute Gasteiger partial charge is 0.380 e. The van der Waals surface area contributed by atoms with E-state index in [1.165, 1.54) is 5.56 Å². The number of benzene rings is 1. The molecule has 1 fully saturated rings. The Balaban J connectivity index is 1.76. The monoisotopic (exact) mass is 270 g/mol. The summed E-state index contributed by atoms with van der Waals surface area (Å²) in [5.41, 5.74) is 1.46. The highest BCUT2D eigenvalue weighted by Crippen LogP contribution is 2.26. The molecule has 0 radical (unpaired) electrons. The van der Waals surface area contributed by atoms with E-state index in [1.807, 2.05) is 12.1 Å². The van der Waals surface area contributed by atoms with E-state index >= 15 is 0 Å². The van der Waals surface area contributed by atoms with E-state index in [9.17, 15) is 0 Å². The first-order chi connectivity index (χ1) is 7.18. The van der Waals surface area contributed by atoms with Crippen LogP contribution < -0.4 is 0 Å². The van der Waals surface area contributed by atoms with Gasteiger partial charge in [0.15, 0.2) is 0 Å². The molecule has 1 saturated heterocycles. The third-order valence-corrected chi connectivity index (χ3v) is 3.06. The molecule has 0 unspecified atom stereocenters. The fourth-order valence-corrected chi connectivity index (χ4v) is 1.79. The molecule has 1 aromatic rings. The van der Waals surface area contributed by atoms with Gasteiger partial charge in [0.25, 0.3) is 0 Å². The first-order valence-electron chi connectivity index (χ1n) is 5.08. The minimum absolute atomic E-state index is 0.245. The second-order valence-corrected chi connectivity index (χ2v) is 5.34. The quantitative estimate of drug-likeness (QED) is 0.838. The average Bonchev–Trinajstić information content (AvgIpc) is 2.19. The SMILES string of the molecule is CC1(COCc2ccc(Br)cc2)COC1. The molecule has 82 valence electrons. The molecule has 0 atom stereocenters. The maximum absolute atomic E-state index is 5.67. The average molecular weight is 271 g/mol. The van der Waals surface area contributed by atoms with Crippen molar-refractivity contribution in [1.29, 1.82) is 0 Å². The summed E-state index contributed by atoms with van der Waals surface area (Å²) in [5.74, 6) is 0. The summed E-state index contributed by atoms with van der Waals surface area (Å²) >= 11 is 3.41. The molecule has 1 heterocycles. The molecule has 0 aliphatic carbocycles. The molecule has 0 amide bonds. The van der Waals surface area contributed by atoms with Crippen LogP contribution in [0.1, 0.15) is 12.5 Å². The summed E-state index contributed by atoms with van der Waals surface area (Å²) < 4.78 is 11.9. The highest BCUT2D eigenvalue weighted by atomic mass is 79.9. The Labute approximate surface area is 98.7 Å². The molecule has 0 saturated carbocycles. The number of rotatable bonds is 4. The smallest absolute Gasteiger partial charge is 0.0717 e. The lowest BCUT2D eigenvalue weighted by Crippen LogP contribution is -2.43. The highest BCUT2D eigenvalue weighted by molar-refractivity contribution is 9.10. The van der Waals surface area contributed by atoms with Crippen LogP contribution in [-0.4, -0.2) is 19.8 Å². The van der Waals surface area contributed by atoms with Crippen LogP contribution in [0.25, 0.3) is 0 Å². The Morgan fingerprint density at radius 3 is 2.53 bits per heavy atom. The second kappa shape index (κ2) is 4.64. The van der Waals surface area contributed by atoms with Gasteiger partial charge in [0.2, 0.25) is 0 Å². The van der Waals surface area contributed by atoms with Crippen LogP contribution in [0, 0.1) is 5.41 Å². The molecule has 2 rings (SSSR count). The van der Waals surface area contributed by atoms with Crippen molar-refractivity contribution in [3.8, 4) is 0 Å². The molecule has 1 aliphatic heterocycles. The predicted molar refractivity (Wildman–Crippen MR) is 62.7 cm³/mol. The molecule has 0 spiro atoms. The van der Waals surface area contributed by atoms with Gasteiger partial charge >= 0.3 is 0 Å². The molecule has 3 heteroatoms. The van der Waals surface area contributed by atoms with Gasteiger partial charge in [-0.3, -0.25) is 0 Å². The van der Waals surface area contributed by atoms with E-state index in [1.54, 1.807) is 0 Å². The van der Waals surface area contributed by atoms with E-state index in [0.29, 0.717) is 6.61 Å². The Bertz CT molecular complexity index is 317. The van der Waals surface area contributed by atoms with Crippen LogP contribution in [0.2, 0.25) is 0 Å². The van der Waals surface area contributed by atoms with Crippen molar-refractivity contribution in [3.05, 3.63) is 34.3 Å². The van der Waals surface area contributed by atoms with Crippen LogP contribution in [0.5, 0.6) is 0 Å². The second-order valence-electron chi connectivity index (χ2n) is 4.42. The summed E-state index contributed by atoms with van der Waals surface area (Å²) in [7, 11) is 0. The van der Waals surface area contributed by atoms with E-state index in [0.717, 1.165) is 24.3 Å². The first kappa shape index (κ1) is 11.1. The number of hydrogen-bond donors (Lipinski definition) is 0. The van der Waals surface area contributed by atoms with E-state index in [4.69, 9.17) is 9.47 Å². The van der Waals surface area contributed by atoms with Crippen molar-refractivity contribution in [2.45, 2.75) is 13.5 Å². The van der Waals surface area contributed by atoms with Gasteiger partial charge in [0.05, 0.1) is 26.4 Å². The summed E-state index contributed by atoms with van der Waals surface area (Å²) in [4.78, 5) is 0. The van der Waals surface area contributed by atoms with Gasteiger partial charge in [0.1, 0.15) is 0 Å². The Morgan fingerprint density at radius 1 is 1.33 bits per heavy atom. The lowest BCUT2D eigenvalue weighted by molar-refractivity contribution is -0.140. The van der Waals surface area contributed by atoms with Gasteiger partial charge in [-0.05, 0) is 17.7 Å². The third-order valence-electron chi connectivity index (χ3n) is 2.53. The number of halogens is 1. The summed E-state index contributed by atoms with van der Waals surface area (Å²) in [5, 5.41) is 0. The maximum Gasteiger partial charge on any atom is 0.0717 e. The van der Waals surface area contributed by atoms with Gasteiger partial charge in [-0.1, -0.05) is 35.0 Å². The minimum atomic E-state index is 0.245. The molecular formula is C12H15BrO2. The van der Waals surface area contributed by atoms with Crippen LogP contribution in [0.3, 0.4) is 0 Å². The number of hydrogen-bond acceptors (Lipinski definition) is 2. The van der Waals surface area contributed by atoms with Crippen molar-refractivity contribution in [2.75, 3.05) is 19.8 Å². The summed E-state index contributed by atoms with van der Waals surface area (Å²) in [6.45, 7) is 5.31. The van der Waals surface area contributed by atoms with Crippen molar-refractivity contribution in [1.82, 2.24) is 0 Å². The van der Waals surface area contributed by atoms with Gasteiger partial charge < -0.3 is 9.47 Å². The molecule has 0 aromatic heterocycles. The molecule has 1 aromatic carbocycles. The molecule has 15 heavy (non-hydrogen) atoms. The summed E-state index contributed by atoms with van der Waals surface area (Å²) in [6, 6.07) is 8.22. The van der Waals surface area contributed by atoms with Crippen molar-refractivity contribution in [2.24, 2.45) is 5.41 Å². The van der Waals surface area contributed by atoms with Crippen LogP contribution >= 0.6 is 15.9 Å². The molecule has 2 nitrogen and oxygen atoms in total. The lowest BCUT2D eigenvalue weighted by Gasteiger charge is -2.37. The van der Waals surface area contributed by atoms with Crippen LogP contribution in [0.15, 0.2) is 28.7 Å². The third kappa shape index (κ3) is 3.03.